The molecule has 1 amide bonds. The molecule has 0 aliphatic carbocycles. The maximum absolute atomic E-state index is 12.0. The number of nitrogens with one attached hydrogen (secondary N) is 1. The van der Waals surface area contributed by atoms with Crippen molar-refractivity contribution in [3.63, 3.8) is 0 Å². The molecule has 1 fully saturated rings. The molecule has 1 saturated heterocycles. The van der Waals surface area contributed by atoms with E-state index in [-0.39, 0.29) is 16.9 Å². The molecule has 4 heteroatoms. The van der Waals surface area contributed by atoms with E-state index in [2.05, 4.69) is 11.9 Å². The van der Waals surface area contributed by atoms with Gasteiger partial charge in [0.25, 0.3) is 5.91 Å². The van der Waals surface area contributed by atoms with Crippen molar-refractivity contribution >= 4 is 5.91 Å². The van der Waals surface area contributed by atoms with Gasteiger partial charge in [-0.1, -0.05) is 13.3 Å². The summed E-state index contributed by atoms with van der Waals surface area (Å²) < 4.78 is 0. The van der Waals surface area contributed by atoms with Crippen LogP contribution < -0.4 is 5.43 Å². The summed E-state index contributed by atoms with van der Waals surface area (Å²) in [7, 11) is 0. The van der Waals surface area contributed by atoms with Crippen LogP contribution in [0.15, 0.2) is 23.3 Å². The third-order valence-electron chi connectivity index (χ3n) is 3.20. The Morgan fingerprint density at radius 2 is 2.44 bits per heavy atom. The van der Waals surface area contributed by atoms with Crippen LogP contribution in [0.1, 0.15) is 30.1 Å². The van der Waals surface area contributed by atoms with Crippen molar-refractivity contribution in [2.45, 2.75) is 19.8 Å². The number of amides is 1. The summed E-state index contributed by atoms with van der Waals surface area (Å²) in [4.78, 5) is 28.1. The average Bonchev–Trinajstić information content (AvgIpc) is 2.77. The number of carbonyl (C=O) groups is 1. The zero-order chi connectivity index (χ0) is 11.5. The van der Waals surface area contributed by atoms with Crippen LogP contribution in [-0.4, -0.2) is 28.9 Å². The number of hydrogen-bond donors (Lipinski definition) is 1. The van der Waals surface area contributed by atoms with Gasteiger partial charge in [-0.15, -0.1) is 0 Å². The maximum Gasteiger partial charge on any atom is 0.259 e. The Kier molecular flexibility index (Phi) is 3.08. The van der Waals surface area contributed by atoms with Crippen LogP contribution in [0.25, 0.3) is 0 Å². The first kappa shape index (κ1) is 10.9. The van der Waals surface area contributed by atoms with E-state index in [1.165, 1.54) is 18.5 Å². The van der Waals surface area contributed by atoms with E-state index in [0.29, 0.717) is 5.92 Å². The predicted molar refractivity (Wildman–Crippen MR) is 61.4 cm³/mol. The van der Waals surface area contributed by atoms with E-state index in [0.717, 1.165) is 25.9 Å². The van der Waals surface area contributed by atoms with Crippen LogP contribution in [0.2, 0.25) is 0 Å². The molecule has 1 unspecified atom stereocenters. The lowest BCUT2D eigenvalue weighted by molar-refractivity contribution is 0.0785. The fourth-order valence-corrected chi connectivity index (χ4v) is 2.10. The number of H-pyrrole nitrogens is 1. The molecule has 16 heavy (non-hydrogen) atoms. The summed E-state index contributed by atoms with van der Waals surface area (Å²) in [5.74, 6) is 0.449. The van der Waals surface area contributed by atoms with E-state index in [1.54, 1.807) is 4.90 Å². The highest BCUT2D eigenvalue weighted by Gasteiger charge is 2.26. The Labute approximate surface area is 94.3 Å². The Morgan fingerprint density at radius 3 is 3.06 bits per heavy atom. The molecule has 2 heterocycles. The van der Waals surface area contributed by atoms with Crippen molar-refractivity contribution in [1.29, 1.82) is 0 Å². The average molecular weight is 220 g/mol. The van der Waals surface area contributed by atoms with E-state index in [9.17, 15) is 9.59 Å². The van der Waals surface area contributed by atoms with Crippen molar-refractivity contribution in [3.05, 3.63) is 34.2 Å². The van der Waals surface area contributed by atoms with Crippen LogP contribution in [0.5, 0.6) is 0 Å². The van der Waals surface area contributed by atoms with Crippen LogP contribution in [0, 0.1) is 5.92 Å². The topological polar surface area (TPSA) is 53.2 Å². The van der Waals surface area contributed by atoms with Gasteiger partial charge in [-0.05, 0) is 12.3 Å². The first-order valence-corrected chi connectivity index (χ1v) is 5.68. The molecular weight excluding hydrogens is 204 g/mol. The minimum atomic E-state index is -0.205. The van der Waals surface area contributed by atoms with Crippen LogP contribution >= 0.6 is 0 Å². The van der Waals surface area contributed by atoms with Gasteiger partial charge in [-0.2, -0.15) is 0 Å². The molecule has 1 aromatic rings. The Bertz CT molecular complexity index is 439. The normalized spacial score (nSPS) is 20.1. The van der Waals surface area contributed by atoms with Crippen molar-refractivity contribution in [2.24, 2.45) is 5.92 Å². The molecule has 1 aliphatic heterocycles. The highest BCUT2D eigenvalue weighted by Crippen LogP contribution is 2.20. The minimum absolute atomic E-state index is 0.141. The molecule has 1 aromatic heterocycles. The van der Waals surface area contributed by atoms with E-state index >= 15 is 0 Å². The second-order valence-electron chi connectivity index (χ2n) is 4.24. The maximum atomic E-state index is 12.0. The smallest absolute Gasteiger partial charge is 0.259 e. The van der Waals surface area contributed by atoms with Crippen molar-refractivity contribution in [1.82, 2.24) is 9.88 Å². The SMILES string of the molecule is CCC1CCN(C(=O)c2c[nH]ccc2=O)C1. The molecule has 4 nitrogen and oxygen atoms in total. The summed E-state index contributed by atoms with van der Waals surface area (Å²) in [6, 6.07) is 1.39. The van der Waals surface area contributed by atoms with Crippen molar-refractivity contribution in [3.8, 4) is 0 Å². The van der Waals surface area contributed by atoms with Crippen LogP contribution in [0.4, 0.5) is 0 Å². The number of nitrogens with zero attached hydrogens (tertiary/aromatic N) is 1. The number of hydrogen-bond acceptors (Lipinski definition) is 2. The minimum Gasteiger partial charge on any atom is -0.367 e. The fourth-order valence-electron chi connectivity index (χ4n) is 2.10. The van der Waals surface area contributed by atoms with Gasteiger partial charge >= 0.3 is 0 Å². The molecule has 0 bridgehead atoms. The van der Waals surface area contributed by atoms with E-state index in [4.69, 9.17) is 0 Å². The number of likely N-dealkylation sites (tertiary alicyclic amines) is 1. The monoisotopic (exact) mass is 220 g/mol. The molecule has 86 valence electrons. The lowest BCUT2D eigenvalue weighted by Crippen LogP contribution is -2.32. The number of carbonyl (C=O) groups excluding carboxylic acids is 1. The van der Waals surface area contributed by atoms with E-state index in [1.807, 2.05) is 0 Å². The van der Waals surface area contributed by atoms with Gasteiger partial charge < -0.3 is 9.88 Å². The molecule has 0 saturated carbocycles. The van der Waals surface area contributed by atoms with Gasteiger partial charge in [0.2, 0.25) is 0 Å². The fraction of sp³-hybridized carbons (Fsp3) is 0.500. The van der Waals surface area contributed by atoms with Gasteiger partial charge in [0, 0.05) is 31.5 Å². The molecule has 2 rings (SSSR count). The summed E-state index contributed by atoms with van der Waals surface area (Å²) in [6.07, 6.45) is 5.17. The summed E-state index contributed by atoms with van der Waals surface area (Å²) in [5.41, 5.74) is 0.0444. The zero-order valence-electron chi connectivity index (χ0n) is 9.40. The third-order valence-corrected chi connectivity index (χ3v) is 3.20. The first-order chi connectivity index (χ1) is 7.72. The molecule has 1 aliphatic rings. The number of aromatic nitrogens is 1. The van der Waals surface area contributed by atoms with Gasteiger partial charge in [0.15, 0.2) is 5.43 Å². The number of pyridine rings is 1. The second kappa shape index (κ2) is 4.51. The molecule has 0 radical (unpaired) electrons. The van der Waals surface area contributed by atoms with Crippen molar-refractivity contribution < 1.29 is 4.79 Å². The van der Waals surface area contributed by atoms with Crippen LogP contribution in [-0.2, 0) is 0 Å². The summed E-state index contributed by atoms with van der Waals surface area (Å²) in [6.45, 7) is 3.68. The number of aromatic amines is 1. The molecule has 1 N–H and O–H groups in total. The van der Waals surface area contributed by atoms with Gasteiger partial charge in [-0.3, -0.25) is 9.59 Å². The van der Waals surface area contributed by atoms with Crippen molar-refractivity contribution in [2.75, 3.05) is 13.1 Å². The van der Waals surface area contributed by atoms with Crippen LogP contribution in [0.3, 0.4) is 0 Å². The highest BCUT2D eigenvalue weighted by atomic mass is 16.2. The number of rotatable bonds is 2. The largest absolute Gasteiger partial charge is 0.367 e. The molecular formula is C12H16N2O2. The molecule has 1 atom stereocenters. The Morgan fingerprint density at radius 1 is 1.62 bits per heavy atom. The standard InChI is InChI=1S/C12H16N2O2/c1-2-9-4-6-14(8-9)12(16)10-7-13-5-3-11(10)15/h3,5,7,9H,2,4,6,8H2,1H3,(H,13,15). The first-order valence-electron chi connectivity index (χ1n) is 5.68. The second-order valence-corrected chi connectivity index (χ2v) is 4.24. The summed E-state index contributed by atoms with van der Waals surface area (Å²) in [5, 5.41) is 0. The van der Waals surface area contributed by atoms with Gasteiger partial charge in [-0.25, -0.2) is 0 Å². The predicted octanol–water partition coefficient (Wildman–Crippen LogP) is 1.25. The third kappa shape index (κ3) is 2.01. The summed E-state index contributed by atoms with van der Waals surface area (Å²) >= 11 is 0. The molecule has 0 spiro atoms. The molecule has 0 aromatic carbocycles. The lowest BCUT2D eigenvalue weighted by Gasteiger charge is -2.15. The zero-order valence-corrected chi connectivity index (χ0v) is 9.40. The lowest BCUT2D eigenvalue weighted by atomic mass is 10.1. The van der Waals surface area contributed by atoms with Gasteiger partial charge in [0.05, 0.1) is 0 Å². The van der Waals surface area contributed by atoms with E-state index < -0.39 is 0 Å². The van der Waals surface area contributed by atoms with Gasteiger partial charge in [0.1, 0.15) is 5.56 Å². The highest BCUT2D eigenvalue weighted by molar-refractivity contribution is 5.93. The quantitative estimate of drug-likeness (QED) is 0.815. The Hall–Kier alpha value is -1.58. The Balaban J connectivity index is 2.15.